The summed E-state index contributed by atoms with van der Waals surface area (Å²) in [5.41, 5.74) is 0. The Morgan fingerprint density at radius 3 is 2.65 bits per heavy atom. The van der Waals surface area contributed by atoms with Gasteiger partial charge in [0.25, 0.3) is 5.91 Å². The minimum atomic E-state index is -0.477. The summed E-state index contributed by atoms with van der Waals surface area (Å²) in [7, 11) is 0. The highest BCUT2D eigenvalue weighted by Crippen LogP contribution is 2.44. The second-order valence-electron chi connectivity index (χ2n) is 6.00. The lowest BCUT2D eigenvalue weighted by Gasteiger charge is -2.24. The second-order valence-corrected chi connectivity index (χ2v) is 6.44. The molecule has 3 rings (SSSR count). The predicted octanol–water partition coefficient (Wildman–Crippen LogP) is 3.41. The first kappa shape index (κ1) is 13.7. The largest absolute Gasteiger partial charge is 0.481 e. The molecule has 1 N–H and O–H groups in total. The summed E-state index contributed by atoms with van der Waals surface area (Å²) in [5.74, 6) is 2.17. The monoisotopic (exact) mass is 293 g/mol. The first-order valence-corrected chi connectivity index (χ1v) is 7.72. The van der Waals surface area contributed by atoms with Gasteiger partial charge in [-0.2, -0.15) is 0 Å². The van der Waals surface area contributed by atoms with Crippen LogP contribution in [0.4, 0.5) is 0 Å². The molecule has 1 amide bonds. The maximum atomic E-state index is 12.2. The molecule has 1 aromatic carbocycles. The summed E-state index contributed by atoms with van der Waals surface area (Å²) in [4.78, 5) is 12.2. The van der Waals surface area contributed by atoms with Crippen molar-refractivity contribution in [2.45, 2.75) is 44.8 Å². The lowest BCUT2D eigenvalue weighted by Crippen LogP contribution is -2.44. The van der Waals surface area contributed by atoms with Crippen LogP contribution in [0.1, 0.15) is 32.6 Å². The number of carbonyl (C=O) groups is 1. The van der Waals surface area contributed by atoms with E-state index >= 15 is 0 Å². The maximum absolute atomic E-state index is 12.2. The number of benzene rings is 1. The van der Waals surface area contributed by atoms with E-state index in [0.717, 1.165) is 12.3 Å². The molecule has 0 heterocycles. The number of carbonyl (C=O) groups excluding carboxylic acids is 1. The Bertz CT molecular complexity index is 488. The predicted molar refractivity (Wildman–Crippen MR) is 78.9 cm³/mol. The molecule has 0 saturated heterocycles. The molecule has 4 heteroatoms. The van der Waals surface area contributed by atoms with Crippen LogP contribution in [0.5, 0.6) is 5.75 Å². The fourth-order valence-electron chi connectivity index (χ4n) is 3.49. The lowest BCUT2D eigenvalue weighted by molar-refractivity contribution is -0.128. The standard InChI is InChI=1S/C16H20ClNO2/c1-10(20-14-6-4-13(17)5-7-14)16(19)18-15-9-11-2-3-12(15)8-11/h4-7,10-12,15H,2-3,8-9H2,1H3,(H,18,19)/t10-,11-,12-,15+/m0/s1. The van der Waals surface area contributed by atoms with Gasteiger partial charge in [-0.15, -0.1) is 0 Å². The minimum absolute atomic E-state index is 0.0162. The average Bonchev–Trinajstić information content (AvgIpc) is 3.03. The molecule has 0 radical (unpaired) electrons. The molecule has 2 bridgehead atoms. The van der Waals surface area contributed by atoms with Crippen molar-refractivity contribution in [3.8, 4) is 5.75 Å². The highest BCUT2D eigenvalue weighted by atomic mass is 35.5. The zero-order chi connectivity index (χ0) is 14.1. The van der Waals surface area contributed by atoms with Crippen molar-refractivity contribution < 1.29 is 9.53 Å². The van der Waals surface area contributed by atoms with Crippen molar-refractivity contribution in [3.63, 3.8) is 0 Å². The zero-order valence-corrected chi connectivity index (χ0v) is 12.4. The van der Waals surface area contributed by atoms with Gasteiger partial charge >= 0.3 is 0 Å². The molecule has 108 valence electrons. The summed E-state index contributed by atoms with van der Waals surface area (Å²) < 4.78 is 5.65. The van der Waals surface area contributed by atoms with E-state index in [1.54, 1.807) is 31.2 Å². The second kappa shape index (κ2) is 5.65. The summed E-state index contributed by atoms with van der Waals surface area (Å²) >= 11 is 5.83. The van der Waals surface area contributed by atoms with E-state index in [-0.39, 0.29) is 5.91 Å². The number of fused-ring (bicyclic) bond motifs is 2. The average molecular weight is 294 g/mol. The number of ether oxygens (including phenoxy) is 1. The molecule has 4 atom stereocenters. The van der Waals surface area contributed by atoms with E-state index in [1.807, 2.05) is 0 Å². The minimum Gasteiger partial charge on any atom is -0.481 e. The van der Waals surface area contributed by atoms with Crippen LogP contribution in [-0.4, -0.2) is 18.1 Å². The van der Waals surface area contributed by atoms with Crippen molar-refractivity contribution in [1.29, 1.82) is 0 Å². The fourth-order valence-corrected chi connectivity index (χ4v) is 3.62. The molecule has 2 aliphatic carbocycles. The summed E-state index contributed by atoms with van der Waals surface area (Å²) in [6.07, 6.45) is 4.56. The number of nitrogens with one attached hydrogen (secondary N) is 1. The molecule has 0 unspecified atom stereocenters. The van der Waals surface area contributed by atoms with Gasteiger partial charge in [-0.3, -0.25) is 4.79 Å². The molecule has 20 heavy (non-hydrogen) atoms. The van der Waals surface area contributed by atoms with Crippen molar-refractivity contribution in [3.05, 3.63) is 29.3 Å². The molecule has 0 aliphatic heterocycles. The third kappa shape index (κ3) is 2.93. The van der Waals surface area contributed by atoms with Crippen LogP contribution in [0.2, 0.25) is 5.02 Å². The van der Waals surface area contributed by atoms with E-state index in [1.165, 1.54) is 19.3 Å². The van der Waals surface area contributed by atoms with Crippen molar-refractivity contribution in [2.75, 3.05) is 0 Å². The molecule has 2 fully saturated rings. The number of hydrogen-bond acceptors (Lipinski definition) is 2. The number of rotatable bonds is 4. The normalized spacial score (nSPS) is 29.2. The molecule has 1 aromatic rings. The van der Waals surface area contributed by atoms with Crippen molar-refractivity contribution >= 4 is 17.5 Å². The smallest absolute Gasteiger partial charge is 0.261 e. The van der Waals surface area contributed by atoms with Crippen LogP contribution in [0.3, 0.4) is 0 Å². The van der Waals surface area contributed by atoms with Gasteiger partial charge in [-0.25, -0.2) is 0 Å². The molecule has 3 nitrogen and oxygen atoms in total. The SMILES string of the molecule is C[C@H](Oc1ccc(Cl)cc1)C(=O)N[C@@H]1C[C@H]2CC[C@H]1C2. The van der Waals surface area contributed by atoms with Crippen LogP contribution in [0.25, 0.3) is 0 Å². The first-order valence-electron chi connectivity index (χ1n) is 7.34. The van der Waals surface area contributed by atoms with Gasteiger partial charge < -0.3 is 10.1 Å². The third-order valence-electron chi connectivity index (χ3n) is 4.56. The highest BCUT2D eigenvalue weighted by molar-refractivity contribution is 6.30. The quantitative estimate of drug-likeness (QED) is 0.924. The third-order valence-corrected chi connectivity index (χ3v) is 4.81. The van der Waals surface area contributed by atoms with E-state index in [9.17, 15) is 4.79 Å². The molecular weight excluding hydrogens is 274 g/mol. The summed E-state index contributed by atoms with van der Waals surface area (Å²) in [6.45, 7) is 1.79. The molecule has 0 spiro atoms. The van der Waals surface area contributed by atoms with Gasteiger partial charge in [-0.05, 0) is 62.3 Å². The van der Waals surface area contributed by atoms with Gasteiger partial charge in [-0.1, -0.05) is 18.0 Å². The molecule has 0 aromatic heterocycles. The van der Waals surface area contributed by atoms with Gasteiger partial charge in [0.05, 0.1) is 0 Å². The number of amides is 1. The fraction of sp³-hybridized carbons (Fsp3) is 0.562. The van der Waals surface area contributed by atoms with Gasteiger partial charge in [0.1, 0.15) is 5.75 Å². The molecule has 2 aliphatic rings. The first-order chi connectivity index (χ1) is 9.61. The Morgan fingerprint density at radius 2 is 2.05 bits per heavy atom. The van der Waals surface area contributed by atoms with Gasteiger partial charge in [0.2, 0.25) is 0 Å². The Hall–Kier alpha value is -1.22. The summed E-state index contributed by atoms with van der Waals surface area (Å²) in [6, 6.07) is 7.44. The molecular formula is C16H20ClNO2. The van der Waals surface area contributed by atoms with E-state index in [0.29, 0.717) is 22.7 Å². The Kier molecular flexibility index (Phi) is 3.88. The van der Waals surface area contributed by atoms with E-state index in [4.69, 9.17) is 16.3 Å². The van der Waals surface area contributed by atoms with Crippen LogP contribution in [0.15, 0.2) is 24.3 Å². The molecule has 2 saturated carbocycles. The Labute approximate surface area is 124 Å². The Balaban J connectivity index is 1.53. The highest BCUT2D eigenvalue weighted by Gasteiger charge is 2.40. The number of halogens is 1. The zero-order valence-electron chi connectivity index (χ0n) is 11.6. The van der Waals surface area contributed by atoms with Crippen molar-refractivity contribution in [1.82, 2.24) is 5.32 Å². The maximum Gasteiger partial charge on any atom is 0.261 e. The van der Waals surface area contributed by atoms with Crippen LogP contribution >= 0.6 is 11.6 Å². The van der Waals surface area contributed by atoms with Crippen LogP contribution in [0, 0.1) is 11.8 Å². The lowest BCUT2D eigenvalue weighted by atomic mass is 9.95. The van der Waals surface area contributed by atoms with E-state index in [2.05, 4.69) is 5.32 Å². The van der Waals surface area contributed by atoms with Gasteiger partial charge in [0, 0.05) is 11.1 Å². The topological polar surface area (TPSA) is 38.3 Å². The van der Waals surface area contributed by atoms with Crippen LogP contribution in [-0.2, 0) is 4.79 Å². The van der Waals surface area contributed by atoms with Crippen molar-refractivity contribution in [2.24, 2.45) is 11.8 Å². The van der Waals surface area contributed by atoms with E-state index < -0.39 is 6.10 Å². The number of hydrogen-bond donors (Lipinski definition) is 1. The Morgan fingerprint density at radius 1 is 1.30 bits per heavy atom. The summed E-state index contributed by atoms with van der Waals surface area (Å²) in [5, 5.41) is 3.82. The van der Waals surface area contributed by atoms with Crippen LogP contribution < -0.4 is 10.1 Å². The van der Waals surface area contributed by atoms with Gasteiger partial charge in [0.15, 0.2) is 6.10 Å².